The lowest BCUT2D eigenvalue weighted by Gasteiger charge is -2.18. The van der Waals surface area contributed by atoms with Gasteiger partial charge in [-0.25, -0.2) is 13.2 Å². The van der Waals surface area contributed by atoms with Gasteiger partial charge in [-0.2, -0.15) is 4.31 Å². The fourth-order valence-corrected chi connectivity index (χ4v) is 4.84. The molecule has 0 amide bonds. The van der Waals surface area contributed by atoms with Gasteiger partial charge in [0, 0.05) is 24.2 Å². The zero-order valence-electron chi connectivity index (χ0n) is 16.7. The van der Waals surface area contributed by atoms with Crippen LogP contribution in [0.3, 0.4) is 0 Å². The van der Waals surface area contributed by atoms with Gasteiger partial charge in [-0.15, -0.1) is 0 Å². The van der Waals surface area contributed by atoms with Crippen LogP contribution in [0.5, 0.6) is 5.75 Å². The average Bonchev–Trinajstić information content (AvgIpc) is 3.03. The lowest BCUT2D eigenvalue weighted by atomic mass is 10.1. The van der Waals surface area contributed by atoms with E-state index in [1.165, 1.54) is 35.7 Å². The first-order valence-corrected chi connectivity index (χ1v) is 11.0. The Hall–Kier alpha value is -2.62. The molecule has 0 saturated heterocycles. The summed E-state index contributed by atoms with van der Waals surface area (Å²) in [6.07, 6.45) is 0. The van der Waals surface area contributed by atoms with Crippen LogP contribution < -0.4 is 10.5 Å². The fourth-order valence-electron chi connectivity index (χ4n) is 3.20. The number of sulfonamides is 1. The summed E-state index contributed by atoms with van der Waals surface area (Å²) in [4.78, 5) is 25.2. The number of fused-ring (bicyclic) bond motifs is 1. The van der Waals surface area contributed by atoms with E-state index in [-0.39, 0.29) is 22.6 Å². The number of nitrogens with zero attached hydrogens (tertiary/aromatic N) is 2. The number of ketones is 1. The van der Waals surface area contributed by atoms with Crippen molar-refractivity contribution in [3.05, 3.63) is 57.5 Å². The molecule has 8 nitrogen and oxygen atoms in total. The van der Waals surface area contributed by atoms with Crippen LogP contribution in [-0.2, 0) is 16.6 Å². The molecule has 0 aliphatic heterocycles. The van der Waals surface area contributed by atoms with E-state index in [1.54, 1.807) is 26.0 Å². The maximum absolute atomic E-state index is 12.8. The van der Waals surface area contributed by atoms with Crippen LogP contribution in [0, 0.1) is 0 Å². The summed E-state index contributed by atoms with van der Waals surface area (Å²) < 4.78 is 38.3. The normalized spacial score (nSPS) is 11.9. The van der Waals surface area contributed by atoms with Gasteiger partial charge >= 0.3 is 5.76 Å². The van der Waals surface area contributed by atoms with Crippen molar-refractivity contribution >= 4 is 38.5 Å². The summed E-state index contributed by atoms with van der Waals surface area (Å²) in [5, 5.41) is 0.356. The Morgan fingerprint density at radius 3 is 2.50 bits per heavy atom. The SMILES string of the molecule is CCN(CC)S(=O)(=O)c1ccc2c(c1)oc(=O)n2CC(=O)c1cc(Cl)ccc1OC. The Bertz CT molecular complexity index is 1260. The number of oxazole rings is 1. The number of carbonyl (C=O) groups excluding carboxylic acids is 1. The molecule has 0 unspecified atom stereocenters. The van der Waals surface area contributed by atoms with Crippen molar-refractivity contribution in [2.75, 3.05) is 20.2 Å². The van der Waals surface area contributed by atoms with E-state index in [2.05, 4.69) is 0 Å². The minimum Gasteiger partial charge on any atom is -0.496 e. The predicted molar refractivity (Wildman–Crippen MR) is 113 cm³/mol. The van der Waals surface area contributed by atoms with Gasteiger partial charge < -0.3 is 9.15 Å². The van der Waals surface area contributed by atoms with Crippen LogP contribution >= 0.6 is 11.6 Å². The predicted octanol–water partition coefficient (Wildman–Crippen LogP) is 3.17. The minimum absolute atomic E-state index is 0.0161. The van der Waals surface area contributed by atoms with Gasteiger partial charge in [0.15, 0.2) is 11.4 Å². The number of aromatic nitrogens is 1. The third-order valence-corrected chi connectivity index (χ3v) is 7.03. The van der Waals surface area contributed by atoms with Crippen LogP contribution in [0.15, 0.2) is 50.5 Å². The Morgan fingerprint density at radius 1 is 1.17 bits per heavy atom. The van der Waals surface area contributed by atoms with Gasteiger partial charge in [0.1, 0.15) is 5.75 Å². The van der Waals surface area contributed by atoms with Crippen molar-refractivity contribution in [2.45, 2.75) is 25.3 Å². The molecule has 0 spiro atoms. The molecule has 30 heavy (non-hydrogen) atoms. The number of rotatable bonds is 8. The molecule has 0 fully saturated rings. The van der Waals surface area contributed by atoms with E-state index in [4.69, 9.17) is 20.8 Å². The van der Waals surface area contributed by atoms with Crippen molar-refractivity contribution in [1.29, 1.82) is 0 Å². The lowest BCUT2D eigenvalue weighted by Crippen LogP contribution is -2.30. The van der Waals surface area contributed by atoms with Gasteiger partial charge in [-0.3, -0.25) is 9.36 Å². The first kappa shape index (κ1) is 22.1. The number of benzene rings is 2. The summed E-state index contributed by atoms with van der Waals surface area (Å²) in [5.74, 6) is -0.839. The van der Waals surface area contributed by atoms with Gasteiger partial charge in [-0.1, -0.05) is 25.4 Å². The standard InChI is InChI=1S/C20H21ClN2O6S/c1-4-22(5-2)30(26,27)14-7-8-16-19(11-14)29-20(25)23(16)12-17(24)15-10-13(21)6-9-18(15)28-3/h6-11H,4-5,12H2,1-3H3. The van der Waals surface area contributed by atoms with Crippen molar-refractivity contribution in [1.82, 2.24) is 8.87 Å². The summed E-state index contributed by atoms with van der Waals surface area (Å²) in [5.41, 5.74) is 0.624. The largest absolute Gasteiger partial charge is 0.496 e. The first-order valence-electron chi connectivity index (χ1n) is 9.23. The Labute approximate surface area is 178 Å². The third-order valence-electron chi connectivity index (χ3n) is 4.75. The van der Waals surface area contributed by atoms with Crippen LogP contribution in [-0.4, -0.2) is 43.3 Å². The molecule has 2 aromatic carbocycles. The smallest absolute Gasteiger partial charge is 0.420 e. The minimum atomic E-state index is -3.71. The van der Waals surface area contributed by atoms with Crippen molar-refractivity contribution in [3.63, 3.8) is 0 Å². The second kappa shape index (κ2) is 8.63. The number of carbonyl (C=O) groups is 1. The molecular formula is C20H21ClN2O6S. The van der Waals surface area contributed by atoms with E-state index < -0.39 is 21.6 Å². The van der Waals surface area contributed by atoms with E-state index in [9.17, 15) is 18.0 Å². The Kier molecular flexibility index (Phi) is 6.35. The van der Waals surface area contributed by atoms with E-state index >= 15 is 0 Å². The number of hydrogen-bond donors (Lipinski definition) is 0. The van der Waals surface area contributed by atoms with E-state index in [0.29, 0.717) is 29.4 Å². The van der Waals surface area contributed by atoms with Crippen molar-refractivity contribution in [2.24, 2.45) is 0 Å². The molecule has 0 atom stereocenters. The van der Waals surface area contributed by atoms with E-state index in [0.717, 1.165) is 4.57 Å². The molecule has 3 aromatic rings. The molecule has 0 aliphatic rings. The molecule has 3 rings (SSSR count). The second-order valence-electron chi connectivity index (χ2n) is 6.44. The highest BCUT2D eigenvalue weighted by molar-refractivity contribution is 7.89. The molecule has 1 heterocycles. The van der Waals surface area contributed by atoms with Crippen molar-refractivity contribution in [3.8, 4) is 5.75 Å². The Morgan fingerprint density at radius 2 is 1.87 bits per heavy atom. The number of methoxy groups -OCH3 is 1. The molecule has 0 aliphatic carbocycles. The average molecular weight is 453 g/mol. The number of halogens is 1. The fraction of sp³-hybridized carbons (Fsp3) is 0.300. The van der Waals surface area contributed by atoms with Crippen LogP contribution in [0.25, 0.3) is 11.1 Å². The number of hydrogen-bond acceptors (Lipinski definition) is 6. The maximum Gasteiger partial charge on any atom is 0.420 e. The van der Waals surface area contributed by atoms with Gasteiger partial charge in [0.05, 0.1) is 29.6 Å². The lowest BCUT2D eigenvalue weighted by molar-refractivity contribution is 0.0967. The highest BCUT2D eigenvalue weighted by Gasteiger charge is 2.24. The highest BCUT2D eigenvalue weighted by Crippen LogP contribution is 2.25. The summed E-state index contributed by atoms with van der Waals surface area (Å²) in [6.45, 7) is 3.80. The van der Waals surface area contributed by atoms with E-state index in [1.807, 2.05) is 0 Å². The molecule has 0 bridgehead atoms. The molecule has 10 heteroatoms. The summed E-state index contributed by atoms with van der Waals surface area (Å²) >= 11 is 5.98. The highest BCUT2D eigenvalue weighted by atomic mass is 35.5. The third kappa shape index (κ3) is 4.00. The van der Waals surface area contributed by atoms with Crippen LogP contribution in [0.4, 0.5) is 0 Å². The molecule has 0 saturated carbocycles. The maximum atomic E-state index is 12.8. The first-order chi connectivity index (χ1) is 14.2. The van der Waals surface area contributed by atoms with Gasteiger partial charge in [0.25, 0.3) is 0 Å². The molecular weight excluding hydrogens is 432 g/mol. The molecule has 0 radical (unpaired) electrons. The van der Waals surface area contributed by atoms with Gasteiger partial charge in [0.2, 0.25) is 10.0 Å². The Balaban J connectivity index is 2.01. The summed E-state index contributed by atoms with van der Waals surface area (Å²) in [6, 6.07) is 8.77. The topological polar surface area (TPSA) is 98.8 Å². The second-order valence-corrected chi connectivity index (χ2v) is 8.82. The number of Topliss-reactive ketones (excluding diaryl/α,β-unsaturated/α-hetero) is 1. The quantitative estimate of drug-likeness (QED) is 0.487. The molecule has 1 aromatic heterocycles. The zero-order valence-corrected chi connectivity index (χ0v) is 18.3. The monoisotopic (exact) mass is 452 g/mol. The molecule has 0 N–H and O–H groups in total. The van der Waals surface area contributed by atoms with Gasteiger partial charge in [-0.05, 0) is 30.3 Å². The number of ether oxygens (including phenoxy) is 1. The summed E-state index contributed by atoms with van der Waals surface area (Å²) in [7, 11) is -2.28. The molecule has 160 valence electrons. The van der Waals surface area contributed by atoms with Crippen LogP contribution in [0.2, 0.25) is 5.02 Å². The van der Waals surface area contributed by atoms with Crippen LogP contribution in [0.1, 0.15) is 24.2 Å². The zero-order chi connectivity index (χ0) is 22.1. The van der Waals surface area contributed by atoms with Crippen molar-refractivity contribution < 1.29 is 22.4 Å².